The summed E-state index contributed by atoms with van der Waals surface area (Å²) in [7, 11) is 3.04. The molecule has 1 fully saturated rings. The van der Waals surface area contributed by atoms with E-state index in [4.69, 9.17) is 14.2 Å². The maximum absolute atomic E-state index is 13.3. The number of aliphatic hydroxyl groups excluding tert-OH is 1. The molecule has 1 atom stereocenters. The van der Waals surface area contributed by atoms with Gasteiger partial charge in [-0.3, -0.25) is 14.6 Å². The summed E-state index contributed by atoms with van der Waals surface area (Å²) in [6.07, 6.45) is 4.14. The minimum atomic E-state index is -0.887. The van der Waals surface area contributed by atoms with Crippen LogP contribution in [0.15, 0.2) is 72.6 Å². The number of aliphatic hydroxyl groups is 1. The van der Waals surface area contributed by atoms with E-state index in [2.05, 4.69) is 4.98 Å². The van der Waals surface area contributed by atoms with E-state index in [0.29, 0.717) is 35.0 Å². The Balaban J connectivity index is 1.84. The number of amides is 1. The number of benzene rings is 2. The number of hydrogen-bond donors (Lipinski definition) is 1. The van der Waals surface area contributed by atoms with Gasteiger partial charge in [0.2, 0.25) is 0 Å². The van der Waals surface area contributed by atoms with E-state index in [9.17, 15) is 14.7 Å². The first kappa shape index (κ1) is 24.8. The molecule has 1 N–H and O–H groups in total. The van der Waals surface area contributed by atoms with Gasteiger partial charge in [-0.15, -0.1) is 0 Å². The largest absolute Gasteiger partial charge is 0.507 e. The highest BCUT2D eigenvalue weighted by Gasteiger charge is 2.47. The zero-order valence-electron chi connectivity index (χ0n) is 20.4. The first-order chi connectivity index (χ1) is 17.5. The topological polar surface area (TPSA) is 98.2 Å². The van der Waals surface area contributed by atoms with Gasteiger partial charge >= 0.3 is 0 Å². The van der Waals surface area contributed by atoms with E-state index in [1.54, 1.807) is 60.9 Å². The van der Waals surface area contributed by atoms with E-state index >= 15 is 0 Å². The van der Waals surface area contributed by atoms with Crippen molar-refractivity contribution in [3.05, 3.63) is 89.3 Å². The minimum absolute atomic E-state index is 0.0189. The number of carbonyl (C=O) groups excluding carboxylic acids is 2. The normalized spacial score (nSPS) is 16.8. The summed E-state index contributed by atoms with van der Waals surface area (Å²) in [5.74, 6) is -0.128. The molecule has 2 heterocycles. The molecule has 3 aromatic rings. The number of ketones is 1. The van der Waals surface area contributed by atoms with Crippen molar-refractivity contribution in [2.24, 2.45) is 0 Å². The van der Waals surface area contributed by atoms with Crippen LogP contribution in [0.25, 0.3) is 5.76 Å². The summed E-state index contributed by atoms with van der Waals surface area (Å²) in [6.45, 7) is 2.71. The third-order valence-electron chi connectivity index (χ3n) is 5.95. The lowest BCUT2D eigenvalue weighted by atomic mass is 9.94. The number of aromatic nitrogens is 1. The Kier molecular flexibility index (Phi) is 7.53. The maximum atomic E-state index is 13.3. The van der Waals surface area contributed by atoms with Crippen molar-refractivity contribution in [3.63, 3.8) is 0 Å². The molecule has 1 aromatic heterocycles. The second kappa shape index (κ2) is 10.9. The molecule has 8 nitrogen and oxygen atoms in total. The molecule has 1 amide bonds. The first-order valence-corrected chi connectivity index (χ1v) is 11.6. The number of hydrogen-bond acceptors (Lipinski definition) is 7. The molecule has 0 spiro atoms. The fraction of sp³-hybridized carbons (Fsp3) is 0.250. The molecular formula is C28H28N2O6. The summed E-state index contributed by atoms with van der Waals surface area (Å²) >= 11 is 0. The van der Waals surface area contributed by atoms with Crippen LogP contribution in [-0.4, -0.2) is 47.5 Å². The fourth-order valence-corrected chi connectivity index (χ4v) is 4.18. The zero-order chi connectivity index (χ0) is 25.7. The number of likely N-dealkylation sites (tertiary alicyclic amines) is 1. The van der Waals surface area contributed by atoms with Crippen LogP contribution in [0, 0.1) is 0 Å². The summed E-state index contributed by atoms with van der Waals surface area (Å²) in [6, 6.07) is 14.6. The standard InChI is InChI=1S/C28H28N2O6/c1-4-14-36-20-9-7-19(8-10-20)26(31)24-25(22-12-11-21(34-2)15-23(22)35-3)30(28(33)27(24)32)17-18-6-5-13-29-16-18/h5-13,15-16,25,31H,4,14,17H2,1-3H3/b26-24+/t25-/m0/s1. The molecule has 1 aliphatic heterocycles. The van der Waals surface area contributed by atoms with Crippen LogP contribution < -0.4 is 14.2 Å². The Labute approximate surface area is 209 Å². The van der Waals surface area contributed by atoms with Crippen LogP contribution in [0.4, 0.5) is 0 Å². The van der Waals surface area contributed by atoms with Crippen LogP contribution in [0.1, 0.15) is 36.1 Å². The van der Waals surface area contributed by atoms with E-state index in [1.165, 1.54) is 19.1 Å². The molecule has 186 valence electrons. The Morgan fingerprint density at radius 2 is 1.78 bits per heavy atom. The SMILES string of the molecule is CCCOc1ccc(/C(O)=C2\C(=O)C(=O)N(Cc3cccnc3)[C@H]2c2ccc(OC)cc2OC)cc1. The van der Waals surface area contributed by atoms with Crippen LogP contribution in [0.3, 0.4) is 0 Å². The highest BCUT2D eigenvalue weighted by Crippen LogP contribution is 2.44. The molecule has 0 saturated carbocycles. The predicted octanol–water partition coefficient (Wildman–Crippen LogP) is 4.51. The summed E-state index contributed by atoms with van der Waals surface area (Å²) in [4.78, 5) is 32.1. The third kappa shape index (κ3) is 4.88. The van der Waals surface area contributed by atoms with E-state index in [0.717, 1.165) is 12.0 Å². The van der Waals surface area contributed by atoms with Gasteiger partial charge in [-0.25, -0.2) is 0 Å². The van der Waals surface area contributed by atoms with Gasteiger partial charge in [0, 0.05) is 36.1 Å². The van der Waals surface area contributed by atoms with Gasteiger partial charge < -0.3 is 24.2 Å². The van der Waals surface area contributed by atoms with Crippen LogP contribution in [0.5, 0.6) is 17.2 Å². The van der Waals surface area contributed by atoms with E-state index < -0.39 is 17.7 Å². The van der Waals surface area contributed by atoms with Crippen molar-refractivity contribution in [1.82, 2.24) is 9.88 Å². The molecule has 1 aliphatic rings. The van der Waals surface area contributed by atoms with Gasteiger partial charge in [-0.1, -0.05) is 13.0 Å². The highest BCUT2D eigenvalue weighted by atomic mass is 16.5. The number of ether oxygens (including phenoxy) is 3. The second-order valence-corrected chi connectivity index (χ2v) is 8.27. The summed E-state index contributed by atoms with van der Waals surface area (Å²) in [5, 5.41) is 11.3. The van der Waals surface area contributed by atoms with Crippen molar-refractivity contribution in [2.45, 2.75) is 25.9 Å². The lowest BCUT2D eigenvalue weighted by Crippen LogP contribution is -2.29. The summed E-state index contributed by atoms with van der Waals surface area (Å²) in [5.41, 5.74) is 1.67. The second-order valence-electron chi connectivity index (χ2n) is 8.27. The van der Waals surface area contributed by atoms with Crippen LogP contribution in [-0.2, 0) is 16.1 Å². The van der Waals surface area contributed by atoms with Gasteiger partial charge in [-0.05, 0) is 54.4 Å². The average molecular weight is 489 g/mol. The molecule has 8 heteroatoms. The Morgan fingerprint density at radius 3 is 2.42 bits per heavy atom. The van der Waals surface area contributed by atoms with Crippen molar-refractivity contribution in [2.75, 3.05) is 20.8 Å². The lowest BCUT2D eigenvalue weighted by molar-refractivity contribution is -0.140. The molecule has 0 radical (unpaired) electrons. The number of rotatable bonds is 9. The van der Waals surface area contributed by atoms with Crippen molar-refractivity contribution >= 4 is 17.4 Å². The fourth-order valence-electron chi connectivity index (χ4n) is 4.18. The zero-order valence-corrected chi connectivity index (χ0v) is 20.4. The minimum Gasteiger partial charge on any atom is -0.507 e. The quantitative estimate of drug-likeness (QED) is 0.269. The predicted molar refractivity (Wildman–Crippen MR) is 134 cm³/mol. The van der Waals surface area contributed by atoms with Crippen molar-refractivity contribution in [3.8, 4) is 17.2 Å². The molecular weight excluding hydrogens is 460 g/mol. The van der Waals surface area contributed by atoms with Gasteiger partial charge in [0.1, 0.15) is 23.0 Å². The number of methoxy groups -OCH3 is 2. The average Bonchev–Trinajstić information content (AvgIpc) is 3.16. The monoisotopic (exact) mass is 488 g/mol. The van der Waals surface area contributed by atoms with Gasteiger partial charge in [-0.2, -0.15) is 0 Å². The van der Waals surface area contributed by atoms with Gasteiger partial charge in [0.15, 0.2) is 0 Å². The van der Waals surface area contributed by atoms with Crippen molar-refractivity contribution < 1.29 is 28.9 Å². The molecule has 4 rings (SSSR count). The van der Waals surface area contributed by atoms with Crippen LogP contribution >= 0.6 is 0 Å². The van der Waals surface area contributed by atoms with Crippen molar-refractivity contribution in [1.29, 1.82) is 0 Å². The Hall–Kier alpha value is -4.33. The molecule has 36 heavy (non-hydrogen) atoms. The number of pyridine rings is 1. The maximum Gasteiger partial charge on any atom is 0.295 e. The molecule has 2 aromatic carbocycles. The first-order valence-electron chi connectivity index (χ1n) is 11.6. The van der Waals surface area contributed by atoms with E-state index in [1.807, 2.05) is 13.0 Å². The Morgan fingerprint density at radius 1 is 1.03 bits per heavy atom. The van der Waals surface area contributed by atoms with Gasteiger partial charge in [0.25, 0.3) is 11.7 Å². The molecule has 0 unspecified atom stereocenters. The smallest absolute Gasteiger partial charge is 0.295 e. The van der Waals surface area contributed by atoms with E-state index in [-0.39, 0.29) is 17.9 Å². The third-order valence-corrected chi connectivity index (χ3v) is 5.95. The lowest BCUT2D eigenvalue weighted by Gasteiger charge is -2.26. The molecule has 1 saturated heterocycles. The molecule has 0 bridgehead atoms. The number of Topliss-reactive ketones (excluding diaryl/α,β-unsaturated/α-hetero) is 1. The summed E-state index contributed by atoms with van der Waals surface area (Å²) < 4.78 is 16.5. The van der Waals surface area contributed by atoms with Crippen LogP contribution in [0.2, 0.25) is 0 Å². The van der Waals surface area contributed by atoms with Gasteiger partial charge in [0.05, 0.1) is 32.4 Å². The number of carbonyl (C=O) groups is 2. The molecule has 0 aliphatic carbocycles. The number of nitrogens with zero attached hydrogens (tertiary/aromatic N) is 2. The Bertz CT molecular complexity index is 1270. The highest BCUT2D eigenvalue weighted by molar-refractivity contribution is 6.46.